The Kier molecular flexibility index (Phi) is 5.73. The Balaban J connectivity index is 1.70. The first-order valence-corrected chi connectivity index (χ1v) is 6.92. The van der Waals surface area contributed by atoms with Crippen LogP contribution in [0.4, 0.5) is 5.69 Å². The standard InChI is InChI=1S/C15H14ClN3O3/c16-11-3-1-4-12(9-11)18-14(20)6-7-15(21)19-17-10-13-5-2-8-22-13/h1-5,8-10H,6-7H2,(H,18,20)(H,19,21)/b17-10-. The number of rotatable bonds is 6. The van der Waals surface area contributed by atoms with E-state index in [1.165, 1.54) is 12.5 Å². The number of anilines is 1. The van der Waals surface area contributed by atoms with Crippen LogP contribution in [0.2, 0.25) is 5.02 Å². The SMILES string of the molecule is O=C(CCC(=O)Nc1cccc(Cl)c1)N/N=C\c1ccco1. The van der Waals surface area contributed by atoms with Crippen molar-refractivity contribution in [3.63, 3.8) is 0 Å². The van der Waals surface area contributed by atoms with Gasteiger partial charge in [-0.2, -0.15) is 5.10 Å². The molecule has 0 aliphatic rings. The number of hydrogen-bond donors (Lipinski definition) is 2. The lowest BCUT2D eigenvalue weighted by atomic mass is 10.2. The average Bonchev–Trinajstić information content (AvgIpc) is 2.98. The summed E-state index contributed by atoms with van der Waals surface area (Å²) in [6.45, 7) is 0. The smallest absolute Gasteiger partial charge is 0.240 e. The van der Waals surface area contributed by atoms with Crippen molar-refractivity contribution in [1.29, 1.82) is 0 Å². The van der Waals surface area contributed by atoms with Crippen LogP contribution in [0.5, 0.6) is 0 Å². The summed E-state index contributed by atoms with van der Waals surface area (Å²) in [6, 6.07) is 10.2. The minimum Gasteiger partial charge on any atom is -0.463 e. The van der Waals surface area contributed by atoms with Gasteiger partial charge in [0.05, 0.1) is 12.5 Å². The van der Waals surface area contributed by atoms with Crippen LogP contribution in [0, 0.1) is 0 Å². The number of furan rings is 1. The van der Waals surface area contributed by atoms with Gasteiger partial charge in [-0.1, -0.05) is 17.7 Å². The van der Waals surface area contributed by atoms with Crippen LogP contribution >= 0.6 is 11.6 Å². The number of hydrazone groups is 1. The first-order chi connectivity index (χ1) is 10.6. The van der Waals surface area contributed by atoms with Gasteiger partial charge >= 0.3 is 0 Å². The molecule has 2 amide bonds. The molecular weight excluding hydrogens is 306 g/mol. The topological polar surface area (TPSA) is 83.7 Å². The van der Waals surface area contributed by atoms with E-state index in [1.807, 2.05) is 0 Å². The average molecular weight is 320 g/mol. The maximum absolute atomic E-state index is 11.7. The largest absolute Gasteiger partial charge is 0.463 e. The minimum absolute atomic E-state index is 0.0297. The van der Waals surface area contributed by atoms with E-state index < -0.39 is 0 Å². The van der Waals surface area contributed by atoms with E-state index in [1.54, 1.807) is 36.4 Å². The van der Waals surface area contributed by atoms with Crippen LogP contribution in [0.25, 0.3) is 0 Å². The molecule has 6 nitrogen and oxygen atoms in total. The quantitative estimate of drug-likeness (QED) is 0.634. The molecule has 0 fully saturated rings. The van der Waals surface area contributed by atoms with Crippen LogP contribution in [0.1, 0.15) is 18.6 Å². The minimum atomic E-state index is -0.357. The van der Waals surface area contributed by atoms with Gasteiger partial charge in [-0.3, -0.25) is 9.59 Å². The zero-order valence-electron chi connectivity index (χ0n) is 11.6. The van der Waals surface area contributed by atoms with Crippen molar-refractivity contribution >= 4 is 35.3 Å². The predicted molar refractivity (Wildman–Crippen MR) is 83.8 cm³/mol. The Hall–Kier alpha value is -2.60. The molecule has 0 unspecified atom stereocenters. The Morgan fingerprint density at radius 1 is 1.18 bits per heavy atom. The second-order valence-corrected chi connectivity index (χ2v) is 4.80. The summed E-state index contributed by atoms with van der Waals surface area (Å²) >= 11 is 5.82. The van der Waals surface area contributed by atoms with E-state index in [2.05, 4.69) is 15.8 Å². The van der Waals surface area contributed by atoms with E-state index in [0.717, 1.165) is 0 Å². The summed E-state index contributed by atoms with van der Waals surface area (Å²) in [5.74, 6) is -0.101. The van der Waals surface area contributed by atoms with Crippen molar-refractivity contribution in [2.45, 2.75) is 12.8 Å². The Morgan fingerprint density at radius 3 is 2.73 bits per heavy atom. The summed E-state index contributed by atoms with van der Waals surface area (Å²) < 4.78 is 5.01. The summed E-state index contributed by atoms with van der Waals surface area (Å²) in [5, 5.41) is 6.91. The molecule has 22 heavy (non-hydrogen) atoms. The lowest BCUT2D eigenvalue weighted by Gasteiger charge is -2.05. The number of carbonyl (C=O) groups excluding carboxylic acids is 2. The first kappa shape index (κ1) is 15.8. The normalized spacial score (nSPS) is 10.6. The van der Waals surface area contributed by atoms with E-state index in [4.69, 9.17) is 16.0 Å². The number of benzene rings is 1. The zero-order valence-corrected chi connectivity index (χ0v) is 12.3. The van der Waals surface area contributed by atoms with Gasteiger partial charge in [0.2, 0.25) is 11.8 Å². The maximum atomic E-state index is 11.7. The summed E-state index contributed by atoms with van der Waals surface area (Å²) in [4.78, 5) is 23.2. The molecule has 0 aliphatic carbocycles. The molecule has 0 spiro atoms. The number of amides is 2. The van der Waals surface area contributed by atoms with Gasteiger partial charge in [-0.05, 0) is 30.3 Å². The number of nitrogens with zero attached hydrogens (tertiary/aromatic N) is 1. The summed E-state index contributed by atoms with van der Waals surface area (Å²) in [5.41, 5.74) is 2.91. The summed E-state index contributed by atoms with van der Waals surface area (Å²) in [7, 11) is 0. The molecule has 1 aromatic heterocycles. The van der Waals surface area contributed by atoms with Crippen LogP contribution in [-0.4, -0.2) is 18.0 Å². The molecule has 1 heterocycles. The highest BCUT2D eigenvalue weighted by molar-refractivity contribution is 6.30. The van der Waals surface area contributed by atoms with Gasteiger partial charge in [0, 0.05) is 23.6 Å². The van der Waals surface area contributed by atoms with Crippen molar-refractivity contribution in [3.05, 3.63) is 53.4 Å². The Morgan fingerprint density at radius 2 is 2.00 bits per heavy atom. The highest BCUT2D eigenvalue weighted by atomic mass is 35.5. The van der Waals surface area contributed by atoms with E-state index in [0.29, 0.717) is 16.5 Å². The van der Waals surface area contributed by atoms with E-state index in [-0.39, 0.29) is 24.7 Å². The van der Waals surface area contributed by atoms with Crippen LogP contribution < -0.4 is 10.7 Å². The van der Waals surface area contributed by atoms with E-state index >= 15 is 0 Å². The number of hydrogen-bond acceptors (Lipinski definition) is 4. The molecule has 0 bridgehead atoms. The molecular formula is C15H14ClN3O3. The fourth-order valence-electron chi connectivity index (χ4n) is 1.61. The fraction of sp³-hybridized carbons (Fsp3) is 0.133. The number of nitrogens with one attached hydrogen (secondary N) is 2. The third-order valence-corrected chi connectivity index (χ3v) is 2.85. The molecule has 0 atom stereocenters. The first-order valence-electron chi connectivity index (χ1n) is 6.54. The van der Waals surface area contributed by atoms with Crippen LogP contribution in [0.15, 0.2) is 52.2 Å². The summed E-state index contributed by atoms with van der Waals surface area (Å²) in [6.07, 6.45) is 2.96. The lowest BCUT2D eigenvalue weighted by Crippen LogP contribution is -2.20. The molecule has 1 aromatic carbocycles. The Bertz CT molecular complexity index is 668. The van der Waals surface area contributed by atoms with Gasteiger partial charge in [0.15, 0.2) is 0 Å². The van der Waals surface area contributed by atoms with Crippen molar-refractivity contribution in [2.75, 3.05) is 5.32 Å². The molecule has 114 valence electrons. The maximum Gasteiger partial charge on any atom is 0.240 e. The van der Waals surface area contributed by atoms with Gasteiger partial charge < -0.3 is 9.73 Å². The predicted octanol–water partition coefficient (Wildman–Crippen LogP) is 2.80. The highest BCUT2D eigenvalue weighted by Crippen LogP contribution is 2.15. The lowest BCUT2D eigenvalue weighted by molar-refractivity contribution is -0.124. The second kappa shape index (κ2) is 7.99. The molecule has 7 heteroatoms. The molecule has 2 aromatic rings. The third-order valence-electron chi connectivity index (χ3n) is 2.61. The second-order valence-electron chi connectivity index (χ2n) is 4.37. The molecule has 0 radical (unpaired) electrons. The number of carbonyl (C=O) groups is 2. The molecule has 0 aliphatic heterocycles. The van der Waals surface area contributed by atoms with Gasteiger partial charge in [0.1, 0.15) is 5.76 Å². The zero-order chi connectivity index (χ0) is 15.8. The van der Waals surface area contributed by atoms with Crippen molar-refractivity contribution in [3.8, 4) is 0 Å². The van der Waals surface area contributed by atoms with E-state index in [9.17, 15) is 9.59 Å². The van der Waals surface area contributed by atoms with Gasteiger partial charge in [-0.25, -0.2) is 5.43 Å². The van der Waals surface area contributed by atoms with Gasteiger partial charge in [0.25, 0.3) is 0 Å². The third kappa shape index (κ3) is 5.41. The van der Waals surface area contributed by atoms with Crippen molar-refractivity contribution in [1.82, 2.24) is 5.43 Å². The monoisotopic (exact) mass is 319 g/mol. The highest BCUT2D eigenvalue weighted by Gasteiger charge is 2.07. The molecule has 0 saturated carbocycles. The van der Waals surface area contributed by atoms with Crippen LogP contribution in [0.3, 0.4) is 0 Å². The van der Waals surface area contributed by atoms with Crippen LogP contribution in [-0.2, 0) is 9.59 Å². The van der Waals surface area contributed by atoms with Crippen molar-refractivity contribution < 1.29 is 14.0 Å². The molecule has 2 rings (SSSR count). The molecule has 2 N–H and O–H groups in total. The van der Waals surface area contributed by atoms with Gasteiger partial charge in [-0.15, -0.1) is 0 Å². The number of halogens is 1. The van der Waals surface area contributed by atoms with Crippen molar-refractivity contribution in [2.24, 2.45) is 5.10 Å². The Labute approximate surface area is 132 Å². The fourth-order valence-corrected chi connectivity index (χ4v) is 1.80. The molecule has 0 saturated heterocycles.